The van der Waals surface area contributed by atoms with E-state index in [1.807, 2.05) is 25.1 Å². The number of hydrogen-bond donors (Lipinski definition) is 2. The molecule has 0 radical (unpaired) electrons. The number of ether oxygens (including phenoxy) is 1. The maximum absolute atomic E-state index is 11.0. The van der Waals surface area contributed by atoms with Crippen LogP contribution in [0.15, 0.2) is 36.4 Å². The third-order valence-corrected chi connectivity index (χ3v) is 2.73. The monoisotopic (exact) mass is 289 g/mol. The third kappa shape index (κ3) is 3.37. The quantitative estimate of drug-likeness (QED) is 0.493. The van der Waals surface area contributed by atoms with Crippen molar-refractivity contribution < 1.29 is 9.66 Å². The molecule has 1 aromatic carbocycles. The van der Waals surface area contributed by atoms with Gasteiger partial charge in [0.05, 0.1) is 4.92 Å². The Kier molecular flexibility index (Phi) is 4.19. The molecule has 0 amide bonds. The second kappa shape index (κ2) is 6.06. The Bertz CT molecular complexity index is 660. The van der Waals surface area contributed by atoms with Crippen molar-refractivity contribution in [2.24, 2.45) is 5.84 Å². The van der Waals surface area contributed by atoms with Crippen LogP contribution in [-0.4, -0.2) is 24.0 Å². The van der Waals surface area contributed by atoms with Gasteiger partial charge in [0.25, 0.3) is 0 Å². The second-order valence-electron chi connectivity index (χ2n) is 4.42. The van der Waals surface area contributed by atoms with Gasteiger partial charge in [-0.25, -0.2) is 5.84 Å². The van der Waals surface area contributed by atoms with Gasteiger partial charge < -0.3 is 15.1 Å². The number of anilines is 2. The number of nitro groups is 1. The molecule has 0 saturated heterocycles. The van der Waals surface area contributed by atoms with Crippen LogP contribution in [0.4, 0.5) is 17.2 Å². The molecule has 0 spiro atoms. The lowest BCUT2D eigenvalue weighted by atomic mass is 10.3. The molecular weight excluding hydrogens is 274 g/mol. The number of nitrogens with one attached hydrogen (secondary N) is 1. The summed E-state index contributed by atoms with van der Waals surface area (Å²) in [5.41, 5.74) is 3.00. The fourth-order valence-electron chi connectivity index (χ4n) is 1.66. The van der Waals surface area contributed by atoms with E-state index in [1.54, 1.807) is 18.2 Å². The van der Waals surface area contributed by atoms with Gasteiger partial charge in [0.2, 0.25) is 0 Å². The number of rotatable bonds is 5. The summed E-state index contributed by atoms with van der Waals surface area (Å²) >= 11 is 0. The zero-order chi connectivity index (χ0) is 15.4. The predicted octanol–water partition coefficient (Wildman–Crippen LogP) is 2.13. The van der Waals surface area contributed by atoms with Gasteiger partial charge in [-0.15, -0.1) is 0 Å². The molecule has 1 heterocycles. The van der Waals surface area contributed by atoms with Crippen LogP contribution in [0.1, 0.15) is 0 Å². The molecule has 0 saturated carbocycles. The van der Waals surface area contributed by atoms with Gasteiger partial charge >= 0.3 is 11.6 Å². The minimum absolute atomic E-state index is 0.119. The summed E-state index contributed by atoms with van der Waals surface area (Å²) in [4.78, 5) is 16.3. The molecule has 0 aliphatic carbocycles. The van der Waals surface area contributed by atoms with Crippen molar-refractivity contribution in [1.82, 2.24) is 4.98 Å². The van der Waals surface area contributed by atoms with Crippen LogP contribution >= 0.6 is 0 Å². The maximum Gasteiger partial charge on any atom is 0.331 e. The first-order chi connectivity index (χ1) is 10.0. The smallest absolute Gasteiger partial charge is 0.331 e. The summed E-state index contributed by atoms with van der Waals surface area (Å²) < 4.78 is 5.53. The van der Waals surface area contributed by atoms with E-state index >= 15 is 0 Å². The highest BCUT2D eigenvalue weighted by Gasteiger charge is 2.18. The van der Waals surface area contributed by atoms with E-state index in [0.29, 0.717) is 5.75 Å². The number of benzene rings is 1. The minimum atomic E-state index is -0.557. The first-order valence-electron chi connectivity index (χ1n) is 6.08. The summed E-state index contributed by atoms with van der Waals surface area (Å²) in [6.45, 7) is 0. The van der Waals surface area contributed by atoms with Gasteiger partial charge in [0, 0.05) is 31.9 Å². The number of aromatic nitrogens is 1. The van der Waals surface area contributed by atoms with Crippen LogP contribution in [0.25, 0.3) is 0 Å². The number of pyridine rings is 1. The summed E-state index contributed by atoms with van der Waals surface area (Å²) in [6.07, 6.45) is 0. The van der Waals surface area contributed by atoms with Crippen LogP contribution in [0.5, 0.6) is 11.6 Å². The largest absolute Gasteiger partial charge is 0.434 e. The van der Waals surface area contributed by atoms with E-state index in [4.69, 9.17) is 10.6 Å². The van der Waals surface area contributed by atoms with E-state index in [-0.39, 0.29) is 17.4 Å². The number of nitrogens with zero attached hydrogens (tertiary/aromatic N) is 3. The number of hydrogen-bond acceptors (Lipinski definition) is 7. The van der Waals surface area contributed by atoms with Gasteiger partial charge in [-0.3, -0.25) is 10.1 Å². The predicted molar refractivity (Wildman–Crippen MR) is 79.5 cm³/mol. The van der Waals surface area contributed by atoms with Crippen LogP contribution in [0, 0.1) is 10.1 Å². The number of nitrogens with two attached hydrogens (primary N) is 1. The molecule has 3 N–H and O–H groups in total. The molecule has 0 bridgehead atoms. The highest BCUT2D eigenvalue weighted by Crippen LogP contribution is 2.31. The van der Waals surface area contributed by atoms with Crippen molar-refractivity contribution in [2.75, 3.05) is 24.4 Å². The summed E-state index contributed by atoms with van der Waals surface area (Å²) in [7, 11) is 3.78. The van der Waals surface area contributed by atoms with Crippen LogP contribution in [0.2, 0.25) is 0 Å². The Labute approximate surface area is 121 Å². The van der Waals surface area contributed by atoms with Crippen LogP contribution in [0.3, 0.4) is 0 Å². The molecular formula is C13H15N5O3. The van der Waals surface area contributed by atoms with E-state index in [2.05, 4.69) is 10.4 Å². The first-order valence-corrected chi connectivity index (χ1v) is 6.08. The highest BCUT2D eigenvalue weighted by atomic mass is 16.6. The van der Waals surface area contributed by atoms with Crippen molar-refractivity contribution in [3.63, 3.8) is 0 Å². The van der Waals surface area contributed by atoms with Gasteiger partial charge in [-0.2, -0.15) is 4.98 Å². The van der Waals surface area contributed by atoms with E-state index in [1.165, 1.54) is 12.1 Å². The van der Waals surface area contributed by atoms with Gasteiger partial charge in [0.1, 0.15) is 11.6 Å². The van der Waals surface area contributed by atoms with Crippen LogP contribution < -0.4 is 20.9 Å². The molecule has 0 unspecified atom stereocenters. The Hall–Kier alpha value is -2.87. The average molecular weight is 289 g/mol. The molecule has 0 aliphatic rings. The highest BCUT2D eigenvalue weighted by molar-refractivity contribution is 5.53. The van der Waals surface area contributed by atoms with Crippen LogP contribution in [-0.2, 0) is 0 Å². The van der Waals surface area contributed by atoms with Crippen molar-refractivity contribution in [2.45, 2.75) is 0 Å². The number of hydrazine groups is 1. The van der Waals surface area contributed by atoms with E-state index in [9.17, 15) is 10.1 Å². The molecule has 0 aliphatic heterocycles. The topological polar surface area (TPSA) is 107 Å². The SMILES string of the molecule is CN(C)c1cccc(Oc2nc(NN)ccc2[N+](=O)[O-])c1. The molecule has 2 rings (SSSR count). The normalized spacial score (nSPS) is 10.0. The lowest BCUT2D eigenvalue weighted by Gasteiger charge is -2.13. The maximum atomic E-state index is 11.0. The average Bonchev–Trinajstić information content (AvgIpc) is 2.47. The van der Waals surface area contributed by atoms with Gasteiger partial charge in [0.15, 0.2) is 0 Å². The molecule has 21 heavy (non-hydrogen) atoms. The lowest BCUT2D eigenvalue weighted by Crippen LogP contribution is -2.09. The number of nitrogen functional groups attached to an aromatic ring is 1. The third-order valence-electron chi connectivity index (χ3n) is 2.73. The minimum Gasteiger partial charge on any atom is -0.434 e. The second-order valence-corrected chi connectivity index (χ2v) is 4.42. The molecule has 8 heteroatoms. The lowest BCUT2D eigenvalue weighted by molar-refractivity contribution is -0.386. The summed E-state index contributed by atoms with van der Waals surface area (Å²) in [5, 5.41) is 11.0. The van der Waals surface area contributed by atoms with Gasteiger partial charge in [-0.05, 0) is 18.2 Å². The molecule has 110 valence electrons. The fourth-order valence-corrected chi connectivity index (χ4v) is 1.66. The van der Waals surface area contributed by atoms with Gasteiger partial charge in [-0.1, -0.05) is 6.07 Å². The molecule has 8 nitrogen and oxygen atoms in total. The Balaban J connectivity index is 2.38. The zero-order valence-electron chi connectivity index (χ0n) is 11.6. The van der Waals surface area contributed by atoms with E-state index in [0.717, 1.165) is 5.69 Å². The van der Waals surface area contributed by atoms with E-state index < -0.39 is 4.92 Å². The van der Waals surface area contributed by atoms with Crippen molar-refractivity contribution >= 4 is 17.2 Å². The Morgan fingerprint density at radius 1 is 1.33 bits per heavy atom. The zero-order valence-corrected chi connectivity index (χ0v) is 11.6. The standard InChI is InChI=1S/C13H15N5O3/c1-17(2)9-4-3-5-10(8-9)21-13-11(18(19)20)6-7-12(15-13)16-14/h3-8H,14H2,1-2H3,(H,15,16). The molecule has 1 aromatic heterocycles. The summed E-state index contributed by atoms with van der Waals surface area (Å²) in [6, 6.07) is 9.83. The first kappa shape index (κ1) is 14.5. The molecule has 0 fully saturated rings. The van der Waals surface area contributed by atoms with Crippen molar-refractivity contribution in [3.8, 4) is 11.6 Å². The Morgan fingerprint density at radius 3 is 2.71 bits per heavy atom. The van der Waals surface area contributed by atoms with Crippen molar-refractivity contribution in [1.29, 1.82) is 0 Å². The fraction of sp³-hybridized carbons (Fsp3) is 0.154. The molecule has 0 atom stereocenters. The summed E-state index contributed by atoms with van der Waals surface area (Å²) in [5.74, 6) is 5.87. The molecule has 2 aromatic rings. The Morgan fingerprint density at radius 2 is 2.10 bits per heavy atom. The van der Waals surface area contributed by atoms with Crippen molar-refractivity contribution in [3.05, 3.63) is 46.5 Å².